The number of nitrogens with zero attached hydrogens (tertiary/aromatic N) is 1. The van der Waals surface area contributed by atoms with Crippen LogP contribution in [-0.4, -0.2) is 29.3 Å². The molecule has 0 bridgehead atoms. The van der Waals surface area contributed by atoms with Gasteiger partial charge in [-0.25, -0.2) is 0 Å². The molecule has 1 aromatic carbocycles. The predicted octanol–water partition coefficient (Wildman–Crippen LogP) is 6.00. The van der Waals surface area contributed by atoms with E-state index in [0.29, 0.717) is 12.5 Å². The van der Waals surface area contributed by atoms with Gasteiger partial charge in [-0.3, -0.25) is 4.90 Å². The summed E-state index contributed by atoms with van der Waals surface area (Å²) in [5.74, 6) is -1.11. The van der Waals surface area contributed by atoms with E-state index < -0.39 is 11.9 Å². The minimum absolute atomic E-state index is 0.602. The lowest BCUT2D eigenvalue weighted by atomic mass is 10.1. The molecule has 0 amide bonds. The summed E-state index contributed by atoms with van der Waals surface area (Å²) in [5, 5.41) is 9.47. The van der Waals surface area contributed by atoms with Gasteiger partial charge in [-0.1, -0.05) is 57.3 Å². The summed E-state index contributed by atoms with van der Waals surface area (Å²) in [5.41, 5.74) is 8.26. The Hall–Kier alpha value is -1.70. The third-order valence-electron chi connectivity index (χ3n) is 3.52. The summed E-state index contributed by atoms with van der Waals surface area (Å²) in [7, 11) is 0. The molecular weight excluding hydrogens is 385 g/mol. The van der Waals surface area contributed by atoms with Gasteiger partial charge in [0.15, 0.2) is 5.76 Å². The van der Waals surface area contributed by atoms with Gasteiger partial charge in [0.1, 0.15) is 0 Å². The lowest BCUT2D eigenvalue weighted by Gasteiger charge is -2.25. The van der Waals surface area contributed by atoms with Gasteiger partial charge < -0.3 is 10.8 Å². The predicted molar refractivity (Wildman–Crippen MR) is 114 cm³/mol. The number of hydrogen-bond acceptors (Lipinski definition) is 4. The van der Waals surface area contributed by atoms with E-state index in [1.54, 1.807) is 11.8 Å². The first-order valence-electron chi connectivity index (χ1n) is 8.91. The van der Waals surface area contributed by atoms with Crippen LogP contribution >= 0.6 is 11.8 Å². The monoisotopic (exact) mass is 416 g/mol. The maximum atomic E-state index is 10.8. The Morgan fingerprint density at radius 2 is 1.89 bits per heavy atom. The van der Waals surface area contributed by atoms with E-state index in [2.05, 4.69) is 69.2 Å². The Bertz CT molecular complexity index is 643. The lowest BCUT2D eigenvalue weighted by Crippen LogP contribution is -2.29. The molecule has 0 aliphatic rings. The molecule has 0 fully saturated rings. The number of halogens is 3. The number of thioether (sulfide) groups is 1. The van der Waals surface area contributed by atoms with Crippen molar-refractivity contribution in [2.24, 2.45) is 11.7 Å². The normalized spacial score (nSPS) is 12.0. The van der Waals surface area contributed by atoms with Gasteiger partial charge in [0.25, 0.3) is 0 Å². The molecule has 3 N–H and O–H groups in total. The number of alkyl halides is 3. The zero-order valence-electron chi connectivity index (χ0n) is 16.8. The average Bonchev–Trinajstić information content (AvgIpc) is 2.60. The van der Waals surface area contributed by atoms with Gasteiger partial charge in [-0.15, -0.1) is 11.8 Å². The van der Waals surface area contributed by atoms with E-state index in [-0.39, 0.29) is 0 Å². The maximum absolute atomic E-state index is 10.8. The Morgan fingerprint density at radius 1 is 1.32 bits per heavy atom. The molecule has 0 saturated heterocycles. The van der Waals surface area contributed by atoms with Gasteiger partial charge in [0.05, 0.1) is 0 Å². The second-order valence-corrected chi connectivity index (χ2v) is 7.66. The number of rotatable bonds is 9. The topological polar surface area (TPSA) is 49.5 Å². The van der Waals surface area contributed by atoms with Crippen LogP contribution in [0.3, 0.4) is 0 Å². The molecule has 0 radical (unpaired) electrons. The van der Waals surface area contributed by atoms with E-state index >= 15 is 0 Å². The zero-order valence-corrected chi connectivity index (χ0v) is 17.6. The second-order valence-electron chi connectivity index (χ2n) is 6.57. The Morgan fingerprint density at radius 3 is 2.32 bits per heavy atom. The van der Waals surface area contributed by atoms with Gasteiger partial charge in [0.2, 0.25) is 0 Å². The smallest absolute Gasteiger partial charge is 0.448 e. The molecular formula is C21H31F3N2OS. The number of aliphatic hydroxyl groups excluding tert-OH is 1. The van der Waals surface area contributed by atoms with Crippen molar-refractivity contribution >= 4 is 11.8 Å². The molecule has 1 rings (SSSR count). The summed E-state index contributed by atoms with van der Waals surface area (Å²) in [4.78, 5) is 3.84. The first-order valence-corrected chi connectivity index (χ1v) is 9.79. The van der Waals surface area contributed by atoms with Crippen molar-refractivity contribution in [1.29, 1.82) is 0 Å². The van der Waals surface area contributed by atoms with Crippen molar-refractivity contribution < 1.29 is 18.3 Å². The molecule has 0 atom stereocenters. The molecule has 0 aromatic heterocycles. The highest BCUT2D eigenvalue weighted by Crippen LogP contribution is 2.21. The van der Waals surface area contributed by atoms with Crippen molar-refractivity contribution in [2.75, 3.05) is 13.1 Å². The van der Waals surface area contributed by atoms with Crippen LogP contribution in [0.25, 0.3) is 0 Å². The highest BCUT2D eigenvalue weighted by molar-refractivity contribution is 8.05. The average molecular weight is 417 g/mol. The number of benzene rings is 1. The van der Waals surface area contributed by atoms with Crippen molar-refractivity contribution in [3.05, 3.63) is 70.7 Å². The van der Waals surface area contributed by atoms with Crippen molar-refractivity contribution in [3.8, 4) is 0 Å². The third-order valence-corrected chi connectivity index (χ3v) is 4.35. The fraction of sp³-hybridized carbons (Fsp3) is 0.429. The number of aliphatic hydroxyl groups is 1. The molecule has 7 heteroatoms. The Labute approximate surface area is 170 Å². The second kappa shape index (κ2) is 13.5. The maximum Gasteiger partial charge on any atom is 0.448 e. The van der Waals surface area contributed by atoms with Crippen LogP contribution < -0.4 is 5.73 Å². The van der Waals surface area contributed by atoms with Crippen LogP contribution in [0.5, 0.6) is 0 Å². The molecule has 0 heterocycles. The summed E-state index contributed by atoms with van der Waals surface area (Å²) in [6.07, 6.45) is -2.46. The summed E-state index contributed by atoms with van der Waals surface area (Å²) in [6.45, 7) is 16.3. The van der Waals surface area contributed by atoms with Gasteiger partial charge in [-0.2, -0.15) is 13.2 Å². The molecule has 0 aliphatic carbocycles. The molecule has 3 nitrogen and oxygen atoms in total. The van der Waals surface area contributed by atoms with Gasteiger partial charge >= 0.3 is 6.18 Å². The molecule has 0 spiro atoms. The quantitative estimate of drug-likeness (QED) is 0.485. The highest BCUT2D eigenvalue weighted by atomic mass is 32.2. The minimum atomic E-state index is -4.64. The first kappa shape index (κ1) is 26.3. The van der Waals surface area contributed by atoms with Crippen molar-refractivity contribution in [3.63, 3.8) is 0 Å². The van der Waals surface area contributed by atoms with Crippen LogP contribution in [0, 0.1) is 5.92 Å². The number of hydrogen-bond donors (Lipinski definition) is 2. The van der Waals surface area contributed by atoms with Crippen LogP contribution in [0.2, 0.25) is 0 Å². The Kier molecular flexibility index (Phi) is 12.7. The largest absolute Gasteiger partial charge is 0.505 e. The summed E-state index contributed by atoms with van der Waals surface area (Å²) < 4.78 is 32.5. The van der Waals surface area contributed by atoms with Crippen LogP contribution in [0.4, 0.5) is 13.2 Å². The molecule has 1 aromatic rings. The SMILES string of the molecule is C=C(O)C(F)(F)F.C=CS/C(=C\C)CN(Cc1cccc(CN)c1)CC(C)C. The molecule has 158 valence electrons. The van der Waals surface area contributed by atoms with E-state index in [1.165, 1.54) is 16.0 Å². The van der Waals surface area contributed by atoms with E-state index in [9.17, 15) is 13.2 Å². The van der Waals surface area contributed by atoms with Gasteiger partial charge in [-0.05, 0) is 34.3 Å². The zero-order chi connectivity index (χ0) is 21.7. The summed E-state index contributed by atoms with van der Waals surface area (Å²) >= 11 is 1.71. The van der Waals surface area contributed by atoms with Crippen molar-refractivity contribution in [1.82, 2.24) is 4.90 Å². The third kappa shape index (κ3) is 11.9. The minimum Gasteiger partial charge on any atom is -0.505 e. The lowest BCUT2D eigenvalue weighted by molar-refractivity contribution is -0.119. The summed E-state index contributed by atoms with van der Waals surface area (Å²) in [6, 6.07) is 8.58. The van der Waals surface area contributed by atoms with Crippen LogP contribution in [0.1, 0.15) is 31.9 Å². The van der Waals surface area contributed by atoms with Gasteiger partial charge in [0, 0.05) is 26.2 Å². The number of allylic oxidation sites excluding steroid dienone is 2. The molecule has 0 saturated carbocycles. The Balaban J connectivity index is 0.000000887. The number of nitrogens with two attached hydrogens (primary N) is 1. The van der Waals surface area contributed by atoms with Crippen LogP contribution in [0.15, 0.2) is 59.6 Å². The van der Waals surface area contributed by atoms with E-state index in [4.69, 9.17) is 10.8 Å². The first-order chi connectivity index (χ1) is 13.0. The molecule has 0 aliphatic heterocycles. The molecule has 0 unspecified atom stereocenters. The van der Waals surface area contributed by atoms with E-state index in [1.807, 2.05) is 5.41 Å². The molecule has 28 heavy (non-hydrogen) atoms. The van der Waals surface area contributed by atoms with Crippen molar-refractivity contribution in [2.45, 2.75) is 40.0 Å². The highest BCUT2D eigenvalue weighted by Gasteiger charge is 2.31. The fourth-order valence-corrected chi connectivity index (χ4v) is 2.95. The van der Waals surface area contributed by atoms with Crippen LogP contribution in [-0.2, 0) is 13.1 Å². The van der Waals surface area contributed by atoms with E-state index in [0.717, 1.165) is 19.6 Å². The standard InChI is InChI=1S/C18H28N2S.C3H3F3O/c1-5-18(21-6-2)14-20(12-15(3)4)13-17-9-7-8-16(10-17)11-19;1-2(7)3(4,5)6/h5-10,15H,2,11-14,19H2,1,3-4H3;7H,1H2/b18-5-;. The fourth-order valence-electron chi connectivity index (χ4n) is 2.34.